The Morgan fingerprint density at radius 1 is 1.33 bits per heavy atom. The number of benzene rings is 1. The monoisotopic (exact) mass is 331 g/mol. The Morgan fingerprint density at radius 3 is 2.83 bits per heavy atom. The van der Waals surface area contributed by atoms with Crippen LogP contribution in [-0.4, -0.2) is 34.6 Å². The first kappa shape index (κ1) is 16.6. The summed E-state index contributed by atoms with van der Waals surface area (Å²) < 4.78 is 19.1. The van der Waals surface area contributed by atoms with Gasteiger partial charge >= 0.3 is 0 Å². The largest absolute Gasteiger partial charge is 0.490 e. The Labute approximate surface area is 140 Å². The third-order valence-electron chi connectivity index (χ3n) is 4.38. The maximum atomic E-state index is 13.5. The van der Waals surface area contributed by atoms with E-state index in [0.29, 0.717) is 30.5 Å². The van der Waals surface area contributed by atoms with Crippen molar-refractivity contribution in [1.29, 1.82) is 0 Å². The number of hydrogen-bond acceptors (Lipinski definition) is 4. The second-order valence-electron chi connectivity index (χ2n) is 6.28. The van der Waals surface area contributed by atoms with Crippen molar-refractivity contribution in [2.75, 3.05) is 19.7 Å². The fourth-order valence-corrected chi connectivity index (χ4v) is 2.95. The minimum Gasteiger partial charge on any atom is -0.490 e. The van der Waals surface area contributed by atoms with Crippen LogP contribution in [0.25, 0.3) is 0 Å². The second kappa shape index (κ2) is 7.57. The van der Waals surface area contributed by atoms with E-state index in [9.17, 15) is 9.18 Å². The van der Waals surface area contributed by atoms with Crippen LogP contribution >= 0.6 is 0 Å². The average molecular weight is 331 g/mol. The minimum absolute atomic E-state index is 0.120. The van der Waals surface area contributed by atoms with Crippen molar-refractivity contribution in [3.63, 3.8) is 0 Å². The highest BCUT2D eigenvalue weighted by Gasteiger charge is 2.21. The molecule has 1 aromatic heterocycles. The van der Waals surface area contributed by atoms with E-state index in [2.05, 4.69) is 14.9 Å². The number of aromatic amines is 1. The Morgan fingerprint density at radius 2 is 2.08 bits per heavy atom. The van der Waals surface area contributed by atoms with Crippen LogP contribution in [0.3, 0.4) is 0 Å². The Hall–Kier alpha value is -2.21. The minimum atomic E-state index is -0.320. The van der Waals surface area contributed by atoms with Gasteiger partial charge in [-0.05, 0) is 50.9 Å². The lowest BCUT2D eigenvalue weighted by Crippen LogP contribution is -2.37. The molecule has 2 heterocycles. The molecule has 1 fully saturated rings. The van der Waals surface area contributed by atoms with Gasteiger partial charge in [0, 0.05) is 12.7 Å². The predicted octanol–water partition coefficient (Wildman–Crippen LogP) is 2.51. The molecule has 1 aliphatic heterocycles. The van der Waals surface area contributed by atoms with Crippen molar-refractivity contribution in [3.8, 4) is 5.75 Å². The molecule has 5 nitrogen and oxygen atoms in total. The van der Waals surface area contributed by atoms with Crippen molar-refractivity contribution >= 4 is 0 Å². The summed E-state index contributed by atoms with van der Waals surface area (Å²) in [5, 5.41) is 0. The molecule has 128 valence electrons. The third kappa shape index (κ3) is 4.20. The maximum absolute atomic E-state index is 13.5. The SMILES string of the molecule is Cc1c[nH]c(=O)c(CN2CCC(COc3ccccc3F)CC2)n1. The Balaban J connectivity index is 1.48. The molecule has 0 atom stereocenters. The normalized spacial score (nSPS) is 16.2. The average Bonchev–Trinajstić information content (AvgIpc) is 2.59. The van der Waals surface area contributed by atoms with Crippen molar-refractivity contribution in [3.05, 3.63) is 58.0 Å². The molecule has 0 bridgehead atoms. The number of nitrogens with one attached hydrogen (secondary N) is 1. The zero-order valence-corrected chi connectivity index (χ0v) is 13.8. The number of aryl methyl sites for hydroxylation is 1. The van der Waals surface area contributed by atoms with E-state index in [1.165, 1.54) is 6.07 Å². The highest BCUT2D eigenvalue weighted by Crippen LogP contribution is 2.21. The van der Waals surface area contributed by atoms with Gasteiger partial charge in [-0.15, -0.1) is 0 Å². The van der Waals surface area contributed by atoms with Crippen molar-refractivity contribution in [2.24, 2.45) is 5.92 Å². The van der Waals surface area contributed by atoms with Crippen LogP contribution in [0.2, 0.25) is 0 Å². The lowest BCUT2D eigenvalue weighted by atomic mass is 9.97. The van der Waals surface area contributed by atoms with Gasteiger partial charge in [-0.25, -0.2) is 9.37 Å². The molecule has 0 unspecified atom stereocenters. The number of halogens is 1. The predicted molar refractivity (Wildman–Crippen MR) is 89.5 cm³/mol. The standard InChI is InChI=1S/C18H22FN3O2/c1-13-10-20-18(23)16(21-13)11-22-8-6-14(7-9-22)12-24-17-5-3-2-4-15(17)19/h2-5,10,14H,6-9,11-12H2,1H3,(H,20,23). The maximum Gasteiger partial charge on any atom is 0.270 e. The van der Waals surface area contributed by atoms with Crippen LogP contribution < -0.4 is 10.3 Å². The summed E-state index contributed by atoms with van der Waals surface area (Å²) in [6.07, 6.45) is 3.56. The Kier molecular flexibility index (Phi) is 5.25. The smallest absolute Gasteiger partial charge is 0.270 e. The van der Waals surface area contributed by atoms with Crippen LogP contribution in [0, 0.1) is 18.7 Å². The van der Waals surface area contributed by atoms with Gasteiger partial charge in [-0.2, -0.15) is 0 Å². The highest BCUT2D eigenvalue weighted by atomic mass is 19.1. The van der Waals surface area contributed by atoms with Crippen LogP contribution in [0.5, 0.6) is 5.75 Å². The number of rotatable bonds is 5. The van der Waals surface area contributed by atoms with Crippen molar-refractivity contribution in [2.45, 2.75) is 26.3 Å². The van der Waals surface area contributed by atoms with E-state index in [1.54, 1.807) is 24.4 Å². The van der Waals surface area contributed by atoms with Crippen LogP contribution in [0.15, 0.2) is 35.3 Å². The third-order valence-corrected chi connectivity index (χ3v) is 4.38. The van der Waals surface area contributed by atoms with Gasteiger partial charge in [0.05, 0.1) is 12.3 Å². The van der Waals surface area contributed by atoms with Crippen LogP contribution in [-0.2, 0) is 6.54 Å². The first-order valence-electron chi connectivity index (χ1n) is 8.26. The molecule has 1 aromatic carbocycles. The number of nitrogens with zero attached hydrogens (tertiary/aromatic N) is 2. The fraction of sp³-hybridized carbons (Fsp3) is 0.444. The zero-order chi connectivity index (χ0) is 16.9. The van der Waals surface area contributed by atoms with E-state index in [-0.39, 0.29) is 11.4 Å². The number of piperidine rings is 1. The topological polar surface area (TPSA) is 58.2 Å². The van der Waals surface area contributed by atoms with Crippen molar-refractivity contribution in [1.82, 2.24) is 14.9 Å². The van der Waals surface area contributed by atoms with Crippen LogP contribution in [0.4, 0.5) is 4.39 Å². The summed E-state index contributed by atoms with van der Waals surface area (Å²) >= 11 is 0. The molecule has 24 heavy (non-hydrogen) atoms. The molecule has 1 aliphatic rings. The lowest BCUT2D eigenvalue weighted by molar-refractivity contribution is 0.133. The summed E-state index contributed by atoms with van der Waals surface area (Å²) in [4.78, 5) is 21.1. The van der Waals surface area contributed by atoms with Crippen LogP contribution in [0.1, 0.15) is 24.2 Å². The van der Waals surface area contributed by atoms with Gasteiger partial charge in [0.25, 0.3) is 5.56 Å². The molecular formula is C18H22FN3O2. The fourth-order valence-electron chi connectivity index (χ4n) is 2.95. The summed E-state index contributed by atoms with van der Waals surface area (Å²) in [5.74, 6) is 0.403. The molecule has 0 amide bonds. The van der Waals surface area contributed by atoms with Crippen molar-refractivity contribution < 1.29 is 9.13 Å². The summed E-state index contributed by atoms with van der Waals surface area (Å²) in [5.41, 5.74) is 1.26. The summed E-state index contributed by atoms with van der Waals surface area (Å²) in [6.45, 7) is 4.74. The first-order valence-corrected chi connectivity index (χ1v) is 8.26. The van der Waals surface area contributed by atoms with E-state index in [4.69, 9.17) is 4.74 Å². The molecule has 3 rings (SSSR count). The number of para-hydroxylation sites is 1. The number of H-pyrrole nitrogens is 1. The summed E-state index contributed by atoms with van der Waals surface area (Å²) in [7, 11) is 0. The molecular weight excluding hydrogens is 309 g/mol. The molecule has 0 radical (unpaired) electrons. The zero-order valence-electron chi connectivity index (χ0n) is 13.8. The van der Waals surface area contributed by atoms with Gasteiger partial charge in [-0.3, -0.25) is 9.69 Å². The number of ether oxygens (including phenoxy) is 1. The molecule has 0 saturated carbocycles. The quantitative estimate of drug-likeness (QED) is 0.915. The second-order valence-corrected chi connectivity index (χ2v) is 6.28. The summed E-state index contributed by atoms with van der Waals surface area (Å²) in [6, 6.07) is 6.49. The first-order chi connectivity index (χ1) is 11.6. The Bertz CT molecular complexity index is 739. The molecule has 1 saturated heterocycles. The lowest BCUT2D eigenvalue weighted by Gasteiger charge is -2.31. The van der Waals surface area contributed by atoms with Gasteiger partial charge < -0.3 is 9.72 Å². The van der Waals surface area contributed by atoms with Gasteiger partial charge in [-0.1, -0.05) is 12.1 Å². The number of aromatic nitrogens is 2. The van der Waals surface area contributed by atoms with Gasteiger partial charge in [0.2, 0.25) is 0 Å². The van der Waals surface area contributed by atoms with Gasteiger partial charge in [0.15, 0.2) is 11.6 Å². The molecule has 1 N–H and O–H groups in total. The number of likely N-dealkylation sites (tertiary alicyclic amines) is 1. The molecule has 6 heteroatoms. The van der Waals surface area contributed by atoms with E-state index < -0.39 is 0 Å². The highest BCUT2D eigenvalue weighted by molar-refractivity contribution is 5.23. The molecule has 2 aromatic rings. The molecule has 0 aliphatic carbocycles. The van der Waals surface area contributed by atoms with E-state index in [0.717, 1.165) is 31.6 Å². The molecule has 0 spiro atoms. The number of hydrogen-bond donors (Lipinski definition) is 1. The van der Waals surface area contributed by atoms with E-state index in [1.807, 2.05) is 6.92 Å². The van der Waals surface area contributed by atoms with Gasteiger partial charge in [0.1, 0.15) is 5.69 Å². The van der Waals surface area contributed by atoms with E-state index >= 15 is 0 Å².